The molecule has 1 heterocycles. The summed E-state index contributed by atoms with van der Waals surface area (Å²) in [5.74, 6) is 0.347. The van der Waals surface area contributed by atoms with Gasteiger partial charge in [0.1, 0.15) is 5.82 Å². The third-order valence-electron chi connectivity index (χ3n) is 4.45. The first-order valence-corrected chi connectivity index (χ1v) is 10.1. The van der Waals surface area contributed by atoms with Crippen LogP contribution in [0.3, 0.4) is 0 Å². The van der Waals surface area contributed by atoms with Crippen molar-refractivity contribution in [2.75, 3.05) is 17.4 Å². The zero-order valence-corrected chi connectivity index (χ0v) is 17.6. The average Bonchev–Trinajstić information content (AvgIpc) is 3.22. The summed E-state index contributed by atoms with van der Waals surface area (Å²) in [5.41, 5.74) is 1.79. The third kappa shape index (κ3) is 5.22. The first-order valence-electron chi connectivity index (χ1n) is 9.28. The minimum Gasteiger partial charge on any atom is -0.454 e. The summed E-state index contributed by atoms with van der Waals surface area (Å²) in [6.07, 6.45) is 0. The fourth-order valence-corrected chi connectivity index (χ4v) is 3.31. The Bertz CT molecular complexity index is 1160. The molecule has 4 rings (SSSR count). The van der Waals surface area contributed by atoms with Gasteiger partial charge < -0.3 is 25.4 Å². The largest absolute Gasteiger partial charge is 0.454 e. The number of carbonyl (C=O) groups is 1. The average molecular weight is 458 g/mol. The van der Waals surface area contributed by atoms with E-state index in [0.29, 0.717) is 39.4 Å². The number of thiocarbonyl (C=S) groups is 1. The number of amides is 1. The number of carbonyl (C=O) groups excluding carboxylic acids is 1. The molecular weight excluding hydrogens is 441 g/mol. The highest BCUT2D eigenvalue weighted by Crippen LogP contribution is 2.32. The van der Waals surface area contributed by atoms with Gasteiger partial charge in [0.2, 0.25) is 6.79 Å². The normalized spacial score (nSPS) is 11.7. The molecule has 0 aromatic heterocycles. The number of ether oxygens (including phenoxy) is 2. The quantitative estimate of drug-likeness (QED) is 0.471. The molecule has 3 N–H and O–H groups in total. The summed E-state index contributed by atoms with van der Waals surface area (Å²) >= 11 is 11.2. The lowest BCUT2D eigenvalue weighted by atomic mass is 10.2. The van der Waals surface area contributed by atoms with Gasteiger partial charge in [-0.1, -0.05) is 23.7 Å². The van der Waals surface area contributed by atoms with Crippen molar-refractivity contribution in [1.29, 1.82) is 0 Å². The molecule has 0 spiro atoms. The molecule has 158 valence electrons. The number of rotatable bonds is 5. The van der Waals surface area contributed by atoms with Gasteiger partial charge in [-0.25, -0.2) is 4.39 Å². The second kappa shape index (κ2) is 9.20. The molecule has 0 unspecified atom stereocenters. The number of benzene rings is 3. The molecule has 6 nitrogen and oxygen atoms in total. The molecule has 0 saturated heterocycles. The molecule has 0 aliphatic carbocycles. The molecular formula is C22H17ClFN3O3S. The summed E-state index contributed by atoms with van der Waals surface area (Å²) in [6, 6.07) is 16.3. The molecule has 3 aromatic rings. The Morgan fingerprint density at radius 2 is 1.87 bits per heavy atom. The van der Waals surface area contributed by atoms with Gasteiger partial charge in [-0.2, -0.15) is 0 Å². The van der Waals surface area contributed by atoms with E-state index in [0.717, 1.165) is 5.56 Å². The van der Waals surface area contributed by atoms with Gasteiger partial charge in [0.05, 0.1) is 5.69 Å². The Kier molecular flexibility index (Phi) is 6.20. The maximum absolute atomic E-state index is 14.5. The zero-order chi connectivity index (χ0) is 21.8. The van der Waals surface area contributed by atoms with Crippen LogP contribution < -0.4 is 25.4 Å². The van der Waals surface area contributed by atoms with Crippen molar-refractivity contribution in [2.45, 2.75) is 6.54 Å². The lowest BCUT2D eigenvalue weighted by molar-refractivity contribution is 0.102. The second-order valence-corrected chi connectivity index (χ2v) is 7.50. The maximum atomic E-state index is 14.5. The molecule has 0 saturated carbocycles. The monoisotopic (exact) mass is 457 g/mol. The fourth-order valence-electron chi connectivity index (χ4n) is 2.93. The van der Waals surface area contributed by atoms with E-state index in [-0.39, 0.29) is 12.5 Å². The molecule has 3 aromatic carbocycles. The number of anilines is 2. The van der Waals surface area contributed by atoms with Gasteiger partial charge in [-0.15, -0.1) is 0 Å². The number of nitrogens with one attached hydrogen (secondary N) is 3. The van der Waals surface area contributed by atoms with Crippen molar-refractivity contribution in [3.05, 3.63) is 82.6 Å². The van der Waals surface area contributed by atoms with Gasteiger partial charge in [0.25, 0.3) is 5.91 Å². The van der Waals surface area contributed by atoms with Crippen LogP contribution in [0.15, 0.2) is 60.7 Å². The van der Waals surface area contributed by atoms with Crippen molar-refractivity contribution >= 4 is 46.2 Å². The highest BCUT2D eigenvalue weighted by molar-refractivity contribution is 7.80. The third-order valence-corrected chi connectivity index (χ3v) is 4.93. The van der Waals surface area contributed by atoms with Crippen LogP contribution in [-0.4, -0.2) is 17.8 Å². The van der Waals surface area contributed by atoms with Gasteiger partial charge in [-0.05, 0) is 66.3 Å². The highest BCUT2D eigenvalue weighted by atomic mass is 35.5. The molecule has 1 aliphatic rings. The Labute approximate surface area is 188 Å². The van der Waals surface area contributed by atoms with E-state index in [9.17, 15) is 9.18 Å². The predicted molar refractivity (Wildman–Crippen MR) is 121 cm³/mol. The van der Waals surface area contributed by atoms with Crippen LogP contribution in [-0.2, 0) is 6.54 Å². The molecule has 1 amide bonds. The van der Waals surface area contributed by atoms with Crippen LogP contribution in [0.4, 0.5) is 15.8 Å². The summed E-state index contributed by atoms with van der Waals surface area (Å²) in [4.78, 5) is 12.3. The first kappa shape index (κ1) is 20.9. The Morgan fingerprint density at radius 3 is 2.68 bits per heavy atom. The fraction of sp³-hybridized carbons (Fsp3) is 0.0909. The summed E-state index contributed by atoms with van der Waals surface area (Å²) in [7, 11) is 0. The minimum atomic E-state index is -0.598. The molecule has 0 atom stereocenters. The van der Waals surface area contributed by atoms with E-state index < -0.39 is 11.7 Å². The van der Waals surface area contributed by atoms with Crippen LogP contribution in [0.1, 0.15) is 15.9 Å². The van der Waals surface area contributed by atoms with E-state index in [2.05, 4.69) is 16.0 Å². The van der Waals surface area contributed by atoms with Gasteiger partial charge in [-0.3, -0.25) is 4.79 Å². The van der Waals surface area contributed by atoms with Crippen molar-refractivity contribution in [3.8, 4) is 11.5 Å². The summed E-state index contributed by atoms with van der Waals surface area (Å²) < 4.78 is 25.1. The molecule has 1 aliphatic heterocycles. The van der Waals surface area contributed by atoms with Crippen LogP contribution in [0, 0.1) is 5.82 Å². The van der Waals surface area contributed by atoms with E-state index in [1.165, 1.54) is 18.2 Å². The summed E-state index contributed by atoms with van der Waals surface area (Å²) in [6.45, 7) is 0.673. The van der Waals surface area contributed by atoms with Crippen LogP contribution >= 0.6 is 23.8 Å². The number of halogens is 2. The first-order chi connectivity index (χ1) is 15.0. The van der Waals surface area contributed by atoms with Gasteiger partial charge in [0, 0.05) is 22.8 Å². The SMILES string of the molecule is O=C(Nc1ccc(NC(=S)NCc2ccc3c(c2)OCO3)cc1F)c1cccc(Cl)c1. The summed E-state index contributed by atoms with van der Waals surface area (Å²) in [5, 5.41) is 9.25. The van der Waals surface area contributed by atoms with Gasteiger partial charge in [0.15, 0.2) is 16.6 Å². The molecule has 0 radical (unpaired) electrons. The van der Waals surface area contributed by atoms with Crippen LogP contribution in [0.2, 0.25) is 5.02 Å². The number of hydrogen-bond donors (Lipinski definition) is 3. The number of hydrogen-bond acceptors (Lipinski definition) is 4. The van der Waals surface area contributed by atoms with E-state index in [4.69, 9.17) is 33.3 Å². The highest BCUT2D eigenvalue weighted by Gasteiger charge is 2.14. The Hall–Kier alpha value is -3.36. The second-order valence-electron chi connectivity index (χ2n) is 6.65. The van der Waals surface area contributed by atoms with Crippen molar-refractivity contribution < 1.29 is 18.7 Å². The standard InChI is InChI=1S/C22H17ClFN3O3S/c23-15-3-1-2-14(9-15)21(28)27-18-6-5-16(10-17(18)24)26-22(31)25-11-13-4-7-19-20(8-13)30-12-29-19/h1-10H,11-12H2,(H,27,28)(H2,25,26,31). The van der Waals surface area contributed by atoms with Crippen molar-refractivity contribution in [1.82, 2.24) is 5.32 Å². The minimum absolute atomic E-state index is 0.0507. The molecule has 31 heavy (non-hydrogen) atoms. The van der Waals surface area contributed by atoms with Crippen molar-refractivity contribution in [2.24, 2.45) is 0 Å². The lowest BCUT2D eigenvalue weighted by Gasteiger charge is -2.12. The topological polar surface area (TPSA) is 71.6 Å². The maximum Gasteiger partial charge on any atom is 0.255 e. The number of fused-ring (bicyclic) bond motifs is 1. The Morgan fingerprint density at radius 1 is 1.03 bits per heavy atom. The molecule has 0 fully saturated rings. The van der Waals surface area contributed by atoms with Crippen LogP contribution in [0.5, 0.6) is 11.5 Å². The van der Waals surface area contributed by atoms with Crippen molar-refractivity contribution in [3.63, 3.8) is 0 Å². The zero-order valence-electron chi connectivity index (χ0n) is 16.1. The predicted octanol–water partition coefficient (Wildman–Crippen LogP) is 4.95. The lowest BCUT2D eigenvalue weighted by Crippen LogP contribution is -2.27. The Balaban J connectivity index is 1.33. The van der Waals surface area contributed by atoms with Gasteiger partial charge >= 0.3 is 0 Å². The van der Waals surface area contributed by atoms with E-state index >= 15 is 0 Å². The molecule has 9 heteroatoms. The molecule has 0 bridgehead atoms. The van der Waals surface area contributed by atoms with E-state index in [1.807, 2.05) is 18.2 Å². The van der Waals surface area contributed by atoms with Crippen LogP contribution in [0.25, 0.3) is 0 Å². The van der Waals surface area contributed by atoms with E-state index in [1.54, 1.807) is 24.3 Å². The smallest absolute Gasteiger partial charge is 0.255 e.